The van der Waals surface area contributed by atoms with E-state index in [1.54, 1.807) is 24.3 Å². The zero-order valence-corrected chi connectivity index (χ0v) is 10.6. The second kappa shape index (κ2) is 4.61. The van der Waals surface area contributed by atoms with Crippen molar-refractivity contribution in [3.05, 3.63) is 46.4 Å². The summed E-state index contributed by atoms with van der Waals surface area (Å²) in [5.74, 6) is -0.153. The first-order valence-electron chi connectivity index (χ1n) is 4.97. The Labute approximate surface area is 110 Å². The van der Waals surface area contributed by atoms with Crippen molar-refractivity contribution in [2.24, 2.45) is 0 Å². The lowest BCUT2D eigenvalue weighted by Crippen LogP contribution is -2.07. The molecule has 0 amide bonds. The summed E-state index contributed by atoms with van der Waals surface area (Å²) in [4.78, 5) is 3.92. The Hall–Kier alpha value is -1.56. The number of alkyl halides is 3. The van der Waals surface area contributed by atoms with Crippen molar-refractivity contribution in [3.8, 4) is 11.3 Å². The van der Waals surface area contributed by atoms with Gasteiger partial charge in [0, 0.05) is 10.0 Å². The largest absolute Gasteiger partial charge is 0.416 e. The highest BCUT2D eigenvalue weighted by Crippen LogP contribution is 2.33. The molecule has 2 N–H and O–H groups in total. The Bertz CT molecular complexity index is 582. The first-order valence-corrected chi connectivity index (χ1v) is 5.76. The molecular formula is C12H8BrF3N2. The highest BCUT2D eigenvalue weighted by molar-refractivity contribution is 9.10. The minimum Gasteiger partial charge on any atom is -0.384 e. The standard InChI is InChI=1S/C12H8BrF3N2/c13-9-3-1-2-7(4-9)10-5-8(12(14,15)16)6-11(17)18-10/h1-6H,(H2,17,18). The van der Waals surface area contributed by atoms with Crippen LogP contribution in [-0.4, -0.2) is 4.98 Å². The molecule has 0 aliphatic carbocycles. The zero-order valence-electron chi connectivity index (χ0n) is 9.00. The second-order valence-electron chi connectivity index (χ2n) is 3.67. The van der Waals surface area contributed by atoms with Gasteiger partial charge in [-0.15, -0.1) is 0 Å². The van der Waals surface area contributed by atoms with Gasteiger partial charge in [-0.25, -0.2) is 4.98 Å². The highest BCUT2D eigenvalue weighted by Gasteiger charge is 2.31. The fourth-order valence-corrected chi connectivity index (χ4v) is 1.91. The number of nitrogen functional groups attached to an aromatic ring is 1. The Balaban J connectivity index is 2.55. The van der Waals surface area contributed by atoms with Crippen molar-refractivity contribution in [1.82, 2.24) is 4.98 Å². The van der Waals surface area contributed by atoms with Gasteiger partial charge in [0.15, 0.2) is 0 Å². The molecule has 0 radical (unpaired) electrons. The van der Waals surface area contributed by atoms with Crippen LogP contribution in [0.15, 0.2) is 40.9 Å². The fraction of sp³-hybridized carbons (Fsp3) is 0.0833. The van der Waals surface area contributed by atoms with Crippen LogP contribution >= 0.6 is 15.9 Å². The number of anilines is 1. The quantitative estimate of drug-likeness (QED) is 0.859. The average molecular weight is 317 g/mol. The van der Waals surface area contributed by atoms with Crippen LogP contribution in [0.3, 0.4) is 0 Å². The zero-order chi connectivity index (χ0) is 13.3. The molecule has 0 unspecified atom stereocenters. The summed E-state index contributed by atoms with van der Waals surface area (Å²) in [5, 5.41) is 0. The maximum absolute atomic E-state index is 12.7. The molecule has 0 aliphatic rings. The van der Waals surface area contributed by atoms with E-state index >= 15 is 0 Å². The normalized spacial score (nSPS) is 11.6. The number of aromatic nitrogens is 1. The number of nitrogens with zero attached hydrogens (tertiary/aromatic N) is 1. The Morgan fingerprint density at radius 3 is 2.44 bits per heavy atom. The van der Waals surface area contributed by atoms with Gasteiger partial charge in [-0.3, -0.25) is 0 Å². The fourth-order valence-electron chi connectivity index (χ4n) is 1.51. The third-order valence-electron chi connectivity index (χ3n) is 2.29. The maximum Gasteiger partial charge on any atom is 0.416 e. The van der Waals surface area contributed by atoms with Crippen LogP contribution in [0, 0.1) is 0 Å². The molecule has 0 saturated carbocycles. The van der Waals surface area contributed by atoms with E-state index < -0.39 is 11.7 Å². The summed E-state index contributed by atoms with van der Waals surface area (Å²) in [6, 6.07) is 8.66. The van der Waals surface area contributed by atoms with Gasteiger partial charge >= 0.3 is 6.18 Å². The second-order valence-corrected chi connectivity index (χ2v) is 4.59. The summed E-state index contributed by atoms with van der Waals surface area (Å²) < 4.78 is 38.7. The molecule has 2 nitrogen and oxygen atoms in total. The van der Waals surface area contributed by atoms with Crippen LogP contribution in [0.1, 0.15) is 5.56 Å². The van der Waals surface area contributed by atoms with Crippen molar-refractivity contribution in [2.75, 3.05) is 5.73 Å². The van der Waals surface area contributed by atoms with Gasteiger partial charge in [-0.05, 0) is 24.3 Å². The van der Waals surface area contributed by atoms with Crippen molar-refractivity contribution >= 4 is 21.7 Å². The Kier molecular flexibility index (Phi) is 3.30. The van der Waals surface area contributed by atoms with Crippen LogP contribution in [0.4, 0.5) is 19.0 Å². The molecule has 0 spiro atoms. The maximum atomic E-state index is 12.7. The van der Waals surface area contributed by atoms with Gasteiger partial charge in [-0.2, -0.15) is 13.2 Å². The molecular weight excluding hydrogens is 309 g/mol. The molecule has 1 aromatic carbocycles. The number of hydrogen-bond donors (Lipinski definition) is 1. The predicted octanol–water partition coefficient (Wildman–Crippen LogP) is 4.11. The van der Waals surface area contributed by atoms with Crippen LogP contribution in [0.2, 0.25) is 0 Å². The number of hydrogen-bond acceptors (Lipinski definition) is 2. The third-order valence-corrected chi connectivity index (χ3v) is 2.79. The lowest BCUT2D eigenvalue weighted by Gasteiger charge is -2.10. The lowest BCUT2D eigenvalue weighted by atomic mass is 10.1. The highest BCUT2D eigenvalue weighted by atomic mass is 79.9. The predicted molar refractivity (Wildman–Crippen MR) is 66.8 cm³/mol. The molecule has 0 bridgehead atoms. The molecule has 2 rings (SSSR count). The van der Waals surface area contributed by atoms with Crippen molar-refractivity contribution in [3.63, 3.8) is 0 Å². The topological polar surface area (TPSA) is 38.9 Å². The molecule has 18 heavy (non-hydrogen) atoms. The van der Waals surface area contributed by atoms with Gasteiger partial charge in [0.2, 0.25) is 0 Å². The van der Waals surface area contributed by atoms with E-state index in [9.17, 15) is 13.2 Å². The molecule has 0 atom stereocenters. The number of nitrogens with two attached hydrogens (primary N) is 1. The number of pyridine rings is 1. The van der Waals surface area contributed by atoms with E-state index in [0.29, 0.717) is 5.56 Å². The lowest BCUT2D eigenvalue weighted by molar-refractivity contribution is -0.137. The van der Waals surface area contributed by atoms with Crippen LogP contribution in [0.5, 0.6) is 0 Å². The Morgan fingerprint density at radius 1 is 1.11 bits per heavy atom. The van der Waals surface area contributed by atoms with Crippen LogP contribution in [-0.2, 0) is 6.18 Å². The summed E-state index contributed by atoms with van der Waals surface area (Å²) in [6.45, 7) is 0. The third kappa shape index (κ3) is 2.81. The van der Waals surface area contributed by atoms with Gasteiger partial charge < -0.3 is 5.73 Å². The number of benzene rings is 1. The van der Waals surface area contributed by atoms with Crippen LogP contribution in [0.25, 0.3) is 11.3 Å². The van der Waals surface area contributed by atoms with Crippen molar-refractivity contribution in [1.29, 1.82) is 0 Å². The number of rotatable bonds is 1. The molecule has 0 fully saturated rings. The molecule has 1 aromatic heterocycles. The Morgan fingerprint density at radius 2 is 1.83 bits per heavy atom. The van der Waals surface area contributed by atoms with E-state index in [1.165, 1.54) is 0 Å². The van der Waals surface area contributed by atoms with Gasteiger partial charge in [0.1, 0.15) is 5.82 Å². The van der Waals surface area contributed by atoms with Crippen molar-refractivity contribution in [2.45, 2.75) is 6.18 Å². The monoisotopic (exact) mass is 316 g/mol. The van der Waals surface area contributed by atoms with E-state index in [4.69, 9.17) is 5.73 Å². The number of halogens is 4. The minimum atomic E-state index is -4.43. The SMILES string of the molecule is Nc1cc(C(F)(F)F)cc(-c2cccc(Br)c2)n1. The van der Waals surface area contributed by atoms with E-state index in [-0.39, 0.29) is 11.5 Å². The summed E-state index contributed by atoms with van der Waals surface area (Å²) in [5.41, 5.74) is 5.38. The molecule has 2 aromatic rings. The summed E-state index contributed by atoms with van der Waals surface area (Å²) in [6.07, 6.45) is -4.43. The van der Waals surface area contributed by atoms with Gasteiger partial charge in [-0.1, -0.05) is 28.1 Å². The molecule has 6 heteroatoms. The van der Waals surface area contributed by atoms with E-state index in [0.717, 1.165) is 16.6 Å². The van der Waals surface area contributed by atoms with Gasteiger partial charge in [0.25, 0.3) is 0 Å². The minimum absolute atomic E-state index is 0.153. The van der Waals surface area contributed by atoms with E-state index in [1.807, 2.05) is 0 Å². The van der Waals surface area contributed by atoms with Crippen LogP contribution < -0.4 is 5.73 Å². The molecule has 0 saturated heterocycles. The molecule has 94 valence electrons. The average Bonchev–Trinajstić information content (AvgIpc) is 2.27. The smallest absolute Gasteiger partial charge is 0.384 e. The first kappa shape index (κ1) is 12.9. The molecule has 0 aliphatic heterocycles. The first-order chi connectivity index (χ1) is 8.36. The summed E-state index contributed by atoms with van der Waals surface area (Å²) >= 11 is 3.25. The van der Waals surface area contributed by atoms with Crippen molar-refractivity contribution < 1.29 is 13.2 Å². The van der Waals surface area contributed by atoms with E-state index in [2.05, 4.69) is 20.9 Å². The molecule has 1 heterocycles. The summed E-state index contributed by atoms with van der Waals surface area (Å²) in [7, 11) is 0. The van der Waals surface area contributed by atoms with Gasteiger partial charge in [0.05, 0.1) is 11.3 Å².